The number of thiol groups is 1. The zero-order valence-corrected chi connectivity index (χ0v) is 12.0. The van der Waals surface area contributed by atoms with Crippen molar-refractivity contribution < 1.29 is 13.7 Å². The van der Waals surface area contributed by atoms with E-state index in [1.807, 2.05) is 0 Å². The van der Waals surface area contributed by atoms with Gasteiger partial charge in [0.15, 0.2) is 0 Å². The summed E-state index contributed by atoms with van der Waals surface area (Å²) >= 11 is 3.58. The molecule has 0 heterocycles. The zero-order chi connectivity index (χ0) is 12.9. The molecule has 0 amide bonds. The monoisotopic (exact) mass is 270 g/mol. The average Bonchev–Trinajstić information content (AvgIpc) is 2.32. The zero-order valence-electron chi connectivity index (χ0n) is 11.1. The Labute approximate surface area is 114 Å². The van der Waals surface area contributed by atoms with Crippen LogP contribution in [-0.2, 0) is 8.92 Å². The van der Waals surface area contributed by atoms with Crippen LogP contribution in [0.3, 0.4) is 0 Å². The lowest BCUT2D eigenvalue weighted by atomic mass is 9.47. The topological polar surface area (TPSA) is 35.5 Å². The van der Waals surface area contributed by atoms with E-state index < -0.39 is 6.16 Å². The third-order valence-electron chi connectivity index (χ3n) is 5.65. The number of rotatable bonds is 2. The van der Waals surface area contributed by atoms with Gasteiger partial charge in [-0.25, -0.2) is 4.79 Å². The molecule has 4 fully saturated rings. The van der Waals surface area contributed by atoms with Gasteiger partial charge in [0, 0.05) is 12.9 Å². The number of carbonyl (C=O) groups excluding carboxylic acids is 1. The minimum absolute atomic E-state index is 0.298. The minimum atomic E-state index is -0.625. The van der Waals surface area contributed by atoms with Gasteiger partial charge in [0.2, 0.25) is 0 Å². The summed E-state index contributed by atoms with van der Waals surface area (Å²) in [6.07, 6.45) is 5.68. The second-order valence-electron chi connectivity index (χ2n) is 6.76. The lowest BCUT2D eigenvalue weighted by Crippen LogP contribution is -2.62. The van der Waals surface area contributed by atoms with Crippen molar-refractivity contribution in [2.75, 3.05) is 0 Å². The fourth-order valence-corrected chi connectivity index (χ4v) is 5.35. The summed E-state index contributed by atoms with van der Waals surface area (Å²) in [6.45, 7) is 4.35. The highest BCUT2D eigenvalue weighted by molar-refractivity contribution is 7.75. The van der Waals surface area contributed by atoms with Crippen LogP contribution in [-0.4, -0.2) is 11.8 Å². The first-order valence-electron chi connectivity index (χ1n) is 7.10. The smallest absolute Gasteiger partial charge is 0.426 e. The maximum absolute atomic E-state index is 11.6. The second kappa shape index (κ2) is 4.32. The van der Waals surface area contributed by atoms with E-state index in [9.17, 15) is 4.79 Å². The van der Waals surface area contributed by atoms with Crippen LogP contribution < -0.4 is 0 Å². The van der Waals surface area contributed by atoms with Crippen LogP contribution in [0, 0.1) is 29.6 Å². The molecular formula is C14H22O3S. The average molecular weight is 270 g/mol. The van der Waals surface area contributed by atoms with E-state index in [4.69, 9.17) is 4.74 Å². The van der Waals surface area contributed by atoms with Gasteiger partial charge in [0.25, 0.3) is 0 Å². The molecule has 0 aromatic heterocycles. The molecule has 0 aromatic carbocycles. The van der Waals surface area contributed by atoms with Crippen molar-refractivity contribution >= 4 is 19.1 Å². The molecule has 4 aliphatic carbocycles. The van der Waals surface area contributed by atoms with Crippen LogP contribution >= 0.6 is 12.9 Å². The molecule has 0 atom stereocenters. The Morgan fingerprint density at radius 3 is 2.00 bits per heavy atom. The van der Waals surface area contributed by atoms with Crippen molar-refractivity contribution in [3.63, 3.8) is 0 Å². The Kier molecular flexibility index (Phi) is 3.04. The van der Waals surface area contributed by atoms with Crippen LogP contribution in [0.2, 0.25) is 0 Å². The number of carbonyl (C=O) groups is 1. The lowest BCUT2D eigenvalue weighted by Gasteiger charge is -2.61. The Morgan fingerprint density at radius 2 is 1.61 bits per heavy atom. The van der Waals surface area contributed by atoms with Crippen molar-refractivity contribution in [1.82, 2.24) is 0 Å². The van der Waals surface area contributed by atoms with Gasteiger partial charge in [-0.05, 0) is 61.7 Å². The lowest BCUT2D eigenvalue weighted by molar-refractivity contribution is -0.200. The molecule has 102 valence electrons. The number of hydrogen-bond donors (Lipinski definition) is 1. The molecule has 4 bridgehead atoms. The molecule has 0 aromatic rings. The fourth-order valence-electron chi connectivity index (χ4n) is 5.31. The SMILES string of the molecule is CC(C)C1(OC(=O)OS)C2CC3CC(C2)CC1C3. The Bertz CT molecular complexity index is 325. The summed E-state index contributed by atoms with van der Waals surface area (Å²) in [5, 5.41) is 0. The highest BCUT2D eigenvalue weighted by Crippen LogP contribution is 2.61. The standard InChI is InChI=1S/C14H22O3S/c1-8(2)14(16-13(15)17-18)11-4-9-3-10(6-11)7-12(14)5-9/h8-12,18H,3-7H2,1-2H3. The quantitative estimate of drug-likeness (QED) is 0.470. The van der Waals surface area contributed by atoms with Gasteiger partial charge >= 0.3 is 6.16 Å². The molecule has 4 saturated carbocycles. The van der Waals surface area contributed by atoms with E-state index in [-0.39, 0.29) is 5.60 Å². The van der Waals surface area contributed by atoms with E-state index in [1.54, 1.807) is 0 Å². The first kappa shape index (κ1) is 12.6. The summed E-state index contributed by atoms with van der Waals surface area (Å²) in [5.41, 5.74) is -0.298. The number of hydrogen-bond acceptors (Lipinski definition) is 4. The molecule has 3 nitrogen and oxygen atoms in total. The Morgan fingerprint density at radius 1 is 1.11 bits per heavy atom. The summed E-state index contributed by atoms with van der Waals surface area (Å²) in [6, 6.07) is 0. The van der Waals surface area contributed by atoms with Crippen LogP contribution in [0.5, 0.6) is 0 Å². The molecule has 0 spiro atoms. The molecule has 0 unspecified atom stereocenters. The van der Waals surface area contributed by atoms with Crippen LogP contribution in [0.1, 0.15) is 46.0 Å². The molecule has 0 radical (unpaired) electrons. The molecule has 4 heteroatoms. The maximum Gasteiger partial charge on any atom is 0.521 e. The summed E-state index contributed by atoms with van der Waals surface area (Å²) in [7, 11) is 0. The fraction of sp³-hybridized carbons (Fsp3) is 0.929. The van der Waals surface area contributed by atoms with Gasteiger partial charge < -0.3 is 8.92 Å². The third kappa shape index (κ3) is 1.68. The van der Waals surface area contributed by atoms with E-state index >= 15 is 0 Å². The molecule has 4 aliphatic rings. The maximum atomic E-state index is 11.6. The summed E-state index contributed by atoms with van der Waals surface area (Å²) in [5.74, 6) is 3.15. The largest absolute Gasteiger partial charge is 0.521 e. The highest BCUT2D eigenvalue weighted by Gasteiger charge is 2.61. The van der Waals surface area contributed by atoms with Crippen LogP contribution in [0.25, 0.3) is 0 Å². The van der Waals surface area contributed by atoms with Crippen molar-refractivity contribution in [2.24, 2.45) is 29.6 Å². The van der Waals surface area contributed by atoms with Gasteiger partial charge in [-0.2, -0.15) is 0 Å². The van der Waals surface area contributed by atoms with Crippen molar-refractivity contribution in [3.05, 3.63) is 0 Å². The minimum Gasteiger partial charge on any atom is -0.426 e. The van der Waals surface area contributed by atoms with Crippen molar-refractivity contribution in [1.29, 1.82) is 0 Å². The van der Waals surface area contributed by atoms with Crippen LogP contribution in [0.15, 0.2) is 0 Å². The highest BCUT2D eigenvalue weighted by atomic mass is 32.1. The predicted molar refractivity (Wildman–Crippen MR) is 71.2 cm³/mol. The van der Waals surface area contributed by atoms with Gasteiger partial charge in [-0.15, -0.1) is 0 Å². The Hall–Kier alpha value is -0.380. The van der Waals surface area contributed by atoms with Crippen LogP contribution in [0.4, 0.5) is 4.79 Å². The van der Waals surface area contributed by atoms with E-state index in [1.165, 1.54) is 32.1 Å². The van der Waals surface area contributed by atoms with Gasteiger partial charge in [0.1, 0.15) is 5.60 Å². The molecule has 0 aliphatic heterocycles. The molecule has 4 rings (SSSR count). The predicted octanol–water partition coefficient (Wildman–Crippen LogP) is 3.84. The second-order valence-corrected chi connectivity index (χ2v) is 6.94. The van der Waals surface area contributed by atoms with E-state index in [2.05, 4.69) is 30.9 Å². The number of ether oxygens (including phenoxy) is 1. The van der Waals surface area contributed by atoms with E-state index in [0.717, 1.165) is 11.8 Å². The first-order valence-corrected chi connectivity index (χ1v) is 7.47. The van der Waals surface area contributed by atoms with Crippen molar-refractivity contribution in [2.45, 2.75) is 51.6 Å². The molecule has 0 N–H and O–H groups in total. The van der Waals surface area contributed by atoms with Gasteiger partial charge in [-0.3, -0.25) is 0 Å². The summed E-state index contributed by atoms with van der Waals surface area (Å²) in [4.78, 5) is 11.6. The van der Waals surface area contributed by atoms with E-state index in [0.29, 0.717) is 17.8 Å². The third-order valence-corrected chi connectivity index (χ3v) is 5.80. The first-order chi connectivity index (χ1) is 8.56. The molecule has 0 saturated heterocycles. The normalized spacial score (nSPS) is 45.3. The molecule has 18 heavy (non-hydrogen) atoms. The van der Waals surface area contributed by atoms with Gasteiger partial charge in [0.05, 0.1) is 0 Å². The van der Waals surface area contributed by atoms with Gasteiger partial charge in [-0.1, -0.05) is 13.8 Å². The summed E-state index contributed by atoms with van der Waals surface area (Å²) < 4.78 is 10.3. The Balaban J connectivity index is 1.91. The van der Waals surface area contributed by atoms with Crippen molar-refractivity contribution in [3.8, 4) is 0 Å². The molecular weight excluding hydrogens is 248 g/mol.